The third kappa shape index (κ3) is 6.25. The molecule has 0 spiro atoms. The molecule has 1 N–H and O–H groups in total. The van der Waals surface area contributed by atoms with Crippen molar-refractivity contribution in [2.75, 3.05) is 19.7 Å². The molecule has 0 saturated carbocycles. The lowest BCUT2D eigenvalue weighted by molar-refractivity contribution is -0.137. The first-order chi connectivity index (χ1) is 13.4. The molecule has 146 valence electrons. The van der Waals surface area contributed by atoms with Crippen LogP contribution >= 0.6 is 11.6 Å². The van der Waals surface area contributed by atoms with E-state index < -0.39 is 0 Å². The Bertz CT molecular complexity index is 881. The number of hydrogen-bond acceptors (Lipinski definition) is 4. The first-order valence-corrected chi connectivity index (χ1v) is 8.92. The minimum Gasteiger partial charge on any atom is -0.482 e. The molecule has 0 atom stereocenters. The highest BCUT2D eigenvalue weighted by molar-refractivity contribution is 6.32. The molecule has 6 nitrogen and oxygen atoms in total. The number of benzene rings is 2. The van der Waals surface area contributed by atoms with Gasteiger partial charge in [0.05, 0.1) is 23.2 Å². The summed E-state index contributed by atoms with van der Waals surface area (Å²) in [6, 6.07) is 12.2. The van der Waals surface area contributed by atoms with Crippen LogP contribution in [0.3, 0.4) is 0 Å². The number of nitrogens with one attached hydrogen (secondary N) is 1. The number of rotatable bonds is 8. The third-order valence-corrected chi connectivity index (χ3v) is 4.18. The fourth-order valence-electron chi connectivity index (χ4n) is 2.33. The van der Waals surface area contributed by atoms with Crippen molar-refractivity contribution >= 4 is 23.4 Å². The predicted molar refractivity (Wildman–Crippen MR) is 102 cm³/mol. The van der Waals surface area contributed by atoms with Crippen LogP contribution in [0.2, 0.25) is 5.02 Å². The van der Waals surface area contributed by atoms with E-state index in [0.717, 1.165) is 5.56 Å². The molecule has 28 heavy (non-hydrogen) atoms. The number of halogens is 2. The van der Waals surface area contributed by atoms with Gasteiger partial charge in [-0.2, -0.15) is 5.26 Å². The van der Waals surface area contributed by atoms with Crippen molar-refractivity contribution in [1.29, 1.82) is 5.26 Å². The van der Waals surface area contributed by atoms with Crippen LogP contribution in [-0.2, 0) is 16.1 Å². The van der Waals surface area contributed by atoms with Gasteiger partial charge in [-0.15, -0.1) is 0 Å². The number of carbonyl (C=O) groups is 2. The van der Waals surface area contributed by atoms with E-state index in [2.05, 4.69) is 5.32 Å². The average molecular weight is 404 g/mol. The van der Waals surface area contributed by atoms with E-state index in [0.29, 0.717) is 12.1 Å². The van der Waals surface area contributed by atoms with Crippen molar-refractivity contribution in [2.45, 2.75) is 13.5 Å². The summed E-state index contributed by atoms with van der Waals surface area (Å²) < 4.78 is 18.3. The molecule has 2 amide bonds. The summed E-state index contributed by atoms with van der Waals surface area (Å²) in [5.41, 5.74) is 1.14. The minimum absolute atomic E-state index is 0.124. The molecule has 8 heteroatoms. The number of likely N-dealkylation sites (N-methyl/N-ethyl adjacent to an activating group) is 1. The van der Waals surface area contributed by atoms with Gasteiger partial charge in [0.15, 0.2) is 6.61 Å². The molecule has 2 rings (SSSR count). The number of carbonyl (C=O) groups excluding carboxylic acids is 2. The minimum atomic E-state index is -0.375. The van der Waals surface area contributed by atoms with E-state index in [1.54, 1.807) is 19.1 Å². The van der Waals surface area contributed by atoms with Gasteiger partial charge in [0.25, 0.3) is 5.91 Å². The Morgan fingerprint density at radius 2 is 1.96 bits per heavy atom. The highest BCUT2D eigenvalue weighted by Crippen LogP contribution is 2.25. The van der Waals surface area contributed by atoms with Gasteiger partial charge >= 0.3 is 0 Å². The van der Waals surface area contributed by atoms with E-state index in [9.17, 15) is 14.0 Å². The Balaban J connectivity index is 1.84. The first-order valence-electron chi connectivity index (χ1n) is 8.54. The Morgan fingerprint density at radius 1 is 1.25 bits per heavy atom. The Kier molecular flexibility index (Phi) is 7.78. The topological polar surface area (TPSA) is 82.4 Å². The standard InChI is InChI=1S/C20H19ClFN3O3/c1-2-25(12-19(26)24-11-14-3-6-16(22)7-4-14)20(27)13-28-18-8-5-15(10-23)9-17(18)21/h3-9H,2,11-13H2,1H3,(H,24,26). The molecular weight excluding hydrogens is 385 g/mol. The lowest BCUT2D eigenvalue weighted by Gasteiger charge is -2.20. The third-order valence-electron chi connectivity index (χ3n) is 3.88. The number of amides is 2. The van der Waals surface area contributed by atoms with E-state index in [1.165, 1.54) is 35.2 Å². The fraction of sp³-hybridized carbons (Fsp3) is 0.250. The Morgan fingerprint density at radius 3 is 2.57 bits per heavy atom. The molecule has 0 aliphatic carbocycles. The Hall–Kier alpha value is -3.11. The van der Waals surface area contributed by atoms with Crippen molar-refractivity contribution in [3.8, 4) is 11.8 Å². The van der Waals surface area contributed by atoms with Crippen LogP contribution in [0.1, 0.15) is 18.1 Å². The predicted octanol–water partition coefficient (Wildman–Crippen LogP) is 2.89. The summed E-state index contributed by atoms with van der Waals surface area (Å²) in [7, 11) is 0. The molecule has 0 bridgehead atoms. The summed E-state index contributed by atoms with van der Waals surface area (Å²) in [6.07, 6.45) is 0. The van der Waals surface area contributed by atoms with Gasteiger partial charge in [0.1, 0.15) is 11.6 Å². The van der Waals surface area contributed by atoms with Gasteiger partial charge in [0.2, 0.25) is 5.91 Å². The van der Waals surface area contributed by atoms with E-state index in [1.807, 2.05) is 6.07 Å². The van der Waals surface area contributed by atoms with Crippen molar-refractivity contribution in [2.24, 2.45) is 0 Å². The maximum atomic E-state index is 12.9. The van der Waals surface area contributed by atoms with Crippen LogP contribution in [-0.4, -0.2) is 36.4 Å². The second kappa shape index (κ2) is 10.3. The van der Waals surface area contributed by atoms with Crippen molar-refractivity contribution < 1.29 is 18.7 Å². The SMILES string of the molecule is CCN(CC(=O)NCc1ccc(F)cc1)C(=O)COc1ccc(C#N)cc1Cl. The van der Waals surface area contributed by atoms with Gasteiger partial charge in [-0.25, -0.2) is 4.39 Å². The molecule has 0 aliphatic rings. The highest BCUT2D eigenvalue weighted by atomic mass is 35.5. The van der Waals surface area contributed by atoms with Crippen LogP contribution in [0.25, 0.3) is 0 Å². The zero-order chi connectivity index (χ0) is 20.5. The normalized spacial score (nSPS) is 10.1. The molecule has 2 aromatic rings. The lowest BCUT2D eigenvalue weighted by atomic mass is 10.2. The quantitative estimate of drug-likeness (QED) is 0.734. The molecule has 0 fully saturated rings. The average Bonchev–Trinajstić information content (AvgIpc) is 2.70. The lowest BCUT2D eigenvalue weighted by Crippen LogP contribution is -2.42. The van der Waals surface area contributed by atoms with Crippen molar-refractivity contribution in [3.05, 3.63) is 64.4 Å². The van der Waals surface area contributed by atoms with E-state index >= 15 is 0 Å². The smallest absolute Gasteiger partial charge is 0.260 e. The van der Waals surface area contributed by atoms with Gasteiger partial charge in [0, 0.05) is 13.1 Å². The molecule has 0 unspecified atom stereocenters. The zero-order valence-electron chi connectivity index (χ0n) is 15.2. The van der Waals surface area contributed by atoms with Gasteiger partial charge in [-0.1, -0.05) is 23.7 Å². The van der Waals surface area contributed by atoms with E-state index in [-0.39, 0.29) is 48.1 Å². The zero-order valence-corrected chi connectivity index (χ0v) is 16.0. The van der Waals surface area contributed by atoms with Gasteiger partial charge < -0.3 is 15.0 Å². The number of hydrogen-bond donors (Lipinski definition) is 1. The number of ether oxygens (including phenoxy) is 1. The van der Waals surface area contributed by atoms with Gasteiger partial charge in [-0.05, 0) is 42.8 Å². The fourth-order valence-corrected chi connectivity index (χ4v) is 2.56. The largest absolute Gasteiger partial charge is 0.482 e. The van der Waals surface area contributed by atoms with Gasteiger partial charge in [-0.3, -0.25) is 9.59 Å². The summed E-state index contributed by atoms with van der Waals surface area (Å²) in [4.78, 5) is 25.7. The van der Waals surface area contributed by atoms with E-state index in [4.69, 9.17) is 21.6 Å². The molecular formula is C20H19ClFN3O3. The maximum absolute atomic E-state index is 12.9. The Labute approximate surface area is 167 Å². The van der Waals surface area contributed by atoms with Crippen molar-refractivity contribution in [3.63, 3.8) is 0 Å². The first kappa shape index (κ1) is 21.2. The number of nitriles is 1. The van der Waals surface area contributed by atoms with Crippen LogP contribution in [0.4, 0.5) is 4.39 Å². The molecule has 0 heterocycles. The molecule has 2 aromatic carbocycles. The highest BCUT2D eigenvalue weighted by Gasteiger charge is 2.17. The second-order valence-corrected chi connectivity index (χ2v) is 6.26. The van der Waals surface area contributed by atoms with Crippen LogP contribution in [0.15, 0.2) is 42.5 Å². The maximum Gasteiger partial charge on any atom is 0.260 e. The van der Waals surface area contributed by atoms with Crippen LogP contribution in [0, 0.1) is 17.1 Å². The monoisotopic (exact) mass is 403 g/mol. The summed E-state index contributed by atoms with van der Waals surface area (Å²) in [6.45, 7) is 1.90. The number of nitrogens with zero attached hydrogens (tertiary/aromatic N) is 2. The summed E-state index contributed by atoms with van der Waals surface area (Å²) in [5.74, 6) is -0.776. The molecule has 0 aliphatic heterocycles. The summed E-state index contributed by atoms with van der Waals surface area (Å²) in [5, 5.41) is 11.7. The van der Waals surface area contributed by atoms with Crippen molar-refractivity contribution in [1.82, 2.24) is 10.2 Å². The molecule has 0 aromatic heterocycles. The second-order valence-electron chi connectivity index (χ2n) is 5.86. The summed E-state index contributed by atoms with van der Waals surface area (Å²) >= 11 is 6.01. The molecule has 0 saturated heterocycles. The molecule has 0 radical (unpaired) electrons. The van der Waals surface area contributed by atoms with Crippen LogP contribution in [0.5, 0.6) is 5.75 Å². The van der Waals surface area contributed by atoms with Crippen LogP contribution < -0.4 is 10.1 Å².